The molecule has 2 bridgehead atoms. The third-order valence-electron chi connectivity index (χ3n) is 6.04. The van der Waals surface area contributed by atoms with Crippen LogP contribution in [-0.2, 0) is 11.8 Å². The van der Waals surface area contributed by atoms with Crippen LogP contribution in [0.3, 0.4) is 0 Å². The van der Waals surface area contributed by atoms with E-state index in [1.165, 1.54) is 11.1 Å². The summed E-state index contributed by atoms with van der Waals surface area (Å²) in [5.41, 5.74) is 2.26. The highest BCUT2D eigenvalue weighted by Crippen LogP contribution is 2.51. The summed E-state index contributed by atoms with van der Waals surface area (Å²) in [6, 6.07) is 6.39. The van der Waals surface area contributed by atoms with Crippen LogP contribution in [0.1, 0.15) is 51.7 Å². The molecule has 3 heteroatoms. The fourth-order valence-electron chi connectivity index (χ4n) is 4.92. The molecule has 2 N–H and O–H groups in total. The highest BCUT2D eigenvalue weighted by molar-refractivity contribution is 5.44. The summed E-state index contributed by atoms with van der Waals surface area (Å²) in [5.74, 6) is 0.930. The third-order valence-corrected chi connectivity index (χ3v) is 6.04. The number of hydrogen-bond acceptors (Lipinski definition) is 3. The Hall–Kier alpha value is -1.06. The summed E-state index contributed by atoms with van der Waals surface area (Å²) in [7, 11) is 0. The first-order chi connectivity index (χ1) is 10.3. The second-order valence-electron chi connectivity index (χ2n) is 7.94. The maximum absolute atomic E-state index is 10.2. The first-order valence-corrected chi connectivity index (χ1v) is 8.55. The first kappa shape index (κ1) is 15.8. The molecule has 3 rings (SSSR count). The monoisotopic (exact) mass is 303 g/mol. The lowest BCUT2D eigenvalue weighted by Gasteiger charge is -2.56. The maximum atomic E-state index is 10.2. The Kier molecular flexibility index (Phi) is 3.77. The number of hydrogen-bond donors (Lipinski definition) is 2. The molecule has 3 nitrogen and oxygen atoms in total. The molecular formula is C19H29NO2. The van der Waals surface area contributed by atoms with Crippen molar-refractivity contribution in [1.29, 1.82) is 0 Å². The van der Waals surface area contributed by atoms with Crippen LogP contribution >= 0.6 is 0 Å². The Balaban J connectivity index is 2.01. The van der Waals surface area contributed by atoms with Crippen molar-refractivity contribution >= 4 is 0 Å². The summed E-state index contributed by atoms with van der Waals surface area (Å²) >= 11 is 0. The zero-order valence-corrected chi connectivity index (χ0v) is 14.3. The van der Waals surface area contributed by atoms with Crippen molar-refractivity contribution in [2.24, 2.45) is 5.92 Å². The van der Waals surface area contributed by atoms with Gasteiger partial charge in [-0.3, -0.25) is 4.90 Å². The minimum Gasteiger partial charge on any atom is -0.508 e. The summed E-state index contributed by atoms with van der Waals surface area (Å²) in [4.78, 5) is 2.48. The first-order valence-electron chi connectivity index (χ1n) is 8.55. The quantitative estimate of drug-likeness (QED) is 0.902. The number of piperidine rings is 1. The molecule has 0 saturated carbocycles. The van der Waals surface area contributed by atoms with Crippen LogP contribution in [0.5, 0.6) is 5.75 Å². The zero-order valence-electron chi connectivity index (χ0n) is 14.3. The van der Waals surface area contributed by atoms with Gasteiger partial charge in [-0.05, 0) is 68.8 Å². The molecule has 1 fully saturated rings. The second kappa shape index (κ2) is 5.24. The van der Waals surface area contributed by atoms with E-state index >= 15 is 0 Å². The summed E-state index contributed by atoms with van der Waals surface area (Å²) in [5, 5.41) is 20.2. The Morgan fingerprint density at radius 2 is 2.09 bits per heavy atom. The van der Waals surface area contributed by atoms with Crippen LogP contribution in [0.25, 0.3) is 0 Å². The van der Waals surface area contributed by atoms with Gasteiger partial charge >= 0.3 is 0 Å². The number of aromatic hydroxyl groups is 1. The van der Waals surface area contributed by atoms with E-state index in [0.29, 0.717) is 17.7 Å². The average molecular weight is 303 g/mol. The predicted molar refractivity (Wildman–Crippen MR) is 89.2 cm³/mol. The van der Waals surface area contributed by atoms with Gasteiger partial charge in [0.05, 0.1) is 5.60 Å². The second-order valence-corrected chi connectivity index (χ2v) is 7.94. The molecular weight excluding hydrogens is 274 g/mol. The molecule has 0 amide bonds. The molecule has 1 aliphatic heterocycles. The molecule has 122 valence electrons. The molecule has 0 radical (unpaired) electrons. The van der Waals surface area contributed by atoms with E-state index in [1.54, 1.807) is 0 Å². The summed E-state index contributed by atoms with van der Waals surface area (Å²) in [6.07, 6.45) is 3.24. The maximum Gasteiger partial charge on any atom is 0.115 e. The molecule has 0 aromatic heterocycles. The van der Waals surface area contributed by atoms with Gasteiger partial charge in [-0.1, -0.05) is 19.9 Å². The van der Waals surface area contributed by atoms with Crippen molar-refractivity contribution in [1.82, 2.24) is 4.90 Å². The highest BCUT2D eigenvalue weighted by atomic mass is 16.3. The highest BCUT2D eigenvalue weighted by Gasteiger charge is 2.50. The van der Waals surface area contributed by atoms with Crippen LogP contribution in [0.2, 0.25) is 0 Å². The number of aliphatic hydroxyl groups is 1. The van der Waals surface area contributed by atoms with Crippen LogP contribution in [0.15, 0.2) is 18.2 Å². The molecule has 3 atom stereocenters. The summed E-state index contributed by atoms with van der Waals surface area (Å²) < 4.78 is 0. The Morgan fingerprint density at radius 3 is 2.73 bits per heavy atom. The SMILES string of the molecule is CCC12CCN(CC(C)(C)O)C(Cc3ccc(O)cc31)C2C. The fraction of sp³-hybridized carbons (Fsp3) is 0.684. The van der Waals surface area contributed by atoms with E-state index < -0.39 is 5.60 Å². The number of nitrogens with zero attached hydrogens (tertiary/aromatic N) is 1. The predicted octanol–water partition coefficient (Wildman–Crippen LogP) is 3.08. The number of fused-ring (bicyclic) bond motifs is 4. The molecule has 22 heavy (non-hydrogen) atoms. The van der Waals surface area contributed by atoms with Crippen molar-refractivity contribution in [3.05, 3.63) is 29.3 Å². The van der Waals surface area contributed by atoms with Gasteiger partial charge < -0.3 is 10.2 Å². The van der Waals surface area contributed by atoms with Crippen molar-refractivity contribution < 1.29 is 10.2 Å². The van der Waals surface area contributed by atoms with E-state index in [2.05, 4.69) is 24.8 Å². The van der Waals surface area contributed by atoms with Crippen LogP contribution < -0.4 is 0 Å². The Bertz CT molecular complexity index is 563. The topological polar surface area (TPSA) is 43.7 Å². The number of β-amino-alcohol motifs (C(OH)–C–C–N with tert-alkyl or cyclic N) is 1. The van der Waals surface area contributed by atoms with Gasteiger partial charge in [0.1, 0.15) is 5.75 Å². The normalized spacial score (nSPS) is 31.9. The molecule has 2 aliphatic rings. The van der Waals surface area contributed by atoms with Crippen LogP contribution in [0, 0.1) is 5.92 Å². The molecule has 3 unspecified atom stereocenters. The molecule has 1 heterocycles. The largest absolute Gasteiger partial charge is 0.508 e. The Morgan fingerprint density at radius 1 is 1.36 bits per heavy atom. The van der Waals surface area contributed by atoms with Crippen molar-refractivity contribution in [3.63, 3.8) is 0 Å². The summed E-state index contributed by atoms with van der Waals surface area (Å²) in [6.45, 7) is 10.2. The van der Waals surface area contributed by atoms with E-state index in [4.69, 9.17) is 0 Å². The van der Waals surface area contributed by atoms with E-state index in [0.717, 1.165) is 32.4 Å². The van der Waals surface area contributed by atoms with Gasteiger partial charge in [-0.25, -0.2) is 0 Å². The minimum absolute atomic E-state index is 0.174. The molecule has 1 aromatic carbocycles. The van der Waals surface area contributed by atoms with Crippen LogP contribution in [-0.4, -0.2) is 39.8 Å². The molecule has 0 spiro atoms. The van der Waals surface area contributed by atoms with E-state index in [-0.39, 0.29) is 5.41 Å². The molecule has 1 aliphatic carbocycles. The lowest BCUT2D eigenvalue weighted by Crippen LogP contribution is -2.60. The van der Waals surface area contributed by atoms with E-state index in [1.807, 2.05) is 26.0 Å². The number of rotatable bonds is 3. The standard InChI is InChI=1S/C19H29NO2/c1-5-19-8-9-20(12-18(3,4)22)17(13(19)2)10-14-6-7-15(21)11-16(14)19/h6-7,11,13,17,21-22H,5,8-10,12H2,1-4H3. The number of phenolic OH excluding ortho intramolecular Hbond substituents is 1. The van der Waals surface area contributed by atoms with E-state index in [9.17, 15) is 10.2 Å². The van der Waals surface area contributed by atoms with Gasteiger partial charge in [0.2, 0.25) is 0 Å². The number of benzene rings is 1. The fourth-order valence-corrected chi connectivity index (χ4v) is 4.92. The number of phenols is 1. The molecule has 1 saturated heterocycles. The Labute approximate surface area is 134 Å². The minimum atomic E-state index is -0.652. The van der Waals surface area contributed by atoms with Crippen LogP contribution in [0.4, 0.5) is 0 Å². The number of likely N-dealkylation sites (tertiary alicyclic amines) is 1. The smallest absolute Gasteiger partial charge is 0.115 e. The van der Waals surface area contributed by atoms with Crippen molar-refractivity contribution in [3.8, 4) is 5.75 Å². The lowest BCUT2D eigenvalue weighted by atomic mass is 9.56. The average Bonchev–Trinajstić information content (AvgIpc) is 2.42. The molecule has 1 aromatic rings. The van der Waals surface area contributed by atoms with Gasteiger partial charge in [-0.2, -0.15) is 0 Å². The van der Waals surface area contributed by atoms with Crippen molar-refractivity contribution in [2.45, 2.75) is 64.0 Å². The zero-order chi connectivity index (χ0) is 16.1. The van der Waals surface area contributed by atoms with Gasteiger partial charge in [0, 0.05) is 18.0 Å². The third kappa shape index (κ3) is 2.44. The van der Waals surface area contributed by atoms with Gasteiger partial charge in [0.15, 0.2) is 0 Å². The van der Waals surface area contributed by atoms with Gasteiger partial charge in [-0.15, -0.1) is 0 Å². The van der Waals surface area contributed by atoms with Gasteiger partial charge in [0.25, 0.3) is 0 Å². The lowest BCUT2D eigenvalue weighted by molar-refractivity contribution is -0.0345. The van der Waals surface area contributed by atoms with Crippen molar-refractivity contribution in [2.75, 3.05) is 13.1 Å².